The maximum absolute atomic E-state index is 13.2. The van der Waals surface area contributed by atoms with E-state index < -0.39 is 6.04 Å². The third kappa shape index (κ3) is 6.80. The van der Waals surface area contributed by atoms with Crippen molar-refractivity contribution in [1.29, 1.82) is 5.26 Å². The van der Waals surface area contributed by atoms with Crippen molar-refractivity contribution in [1.82, 2.24) is 5.32 Å². The zero-order valence-corrected chi connectivity index (χ0v) is 18.7. The van der Waals surface area contributed by atoms with Crippen molar-refractivity contribution in [3.05, 3.63) is 96.1 Å². The van der Waals surface area contributed by atoms with E-state index in [9.17, 15) is 10.1 Å². The van der Waals surface area contributed by atoms with E-state index in [4.69, 9.17) is 4.74 Å². The van der Waals surface area contributed by atoms with Gasteiger partial charge in [-0.15, -0.1) is 0 Å². The van der Waals surface area contributed by atoms with E-state index in [1.807, 2.05) is 60.7 Å². The topological polar surface area (TPSA) is 62.1 Å². The lowest BCUT2D eigenvalue weighted by atomic mass is 9.87. The molecule has 3 aromatic rings. The number of benzene rings is 3. The van der Waals surface area contributed by atoms with E-state index in [0.29, 0.717) is 18.9 Å². The first-order valence-corrected chi connectivity index (χ1v) is 11.0. The molecule has 0 bridgehead atoms. The quantitative estimate of drug-likeness (QED) is 0.452. The number of carbonyl (C=O) groups is 1. The van der Waals surface area contributed by atoms with Crippen molar-refractivity contribution in [3.8, 4) is 17.2 Å². The molecule has 0 aliphatic heterocycles. The molecule has 0 radical (unpaired) electrons. The fourth-order valence-electron chi connectivity index (χ4n) is 3.68. The van der Waals surface area contributed by atoms with Crippen molar-refractivity contribution in [3.63, 3.8) is 0 Å². The van der Waals surface area contributed by atoms with Gasteiger partial charge < -0.3 is 10.1 Å². The standard InChI is InChI=1S/C28H30N2O2/c1-21(2)16-27(25-15-9-14-24(17-25)23-12-7-4-8-13-23)28(31)30-26(18-29)20-32-19-22-10-5-3-6-11-22/h3-15,17,21,26-27H,16,19-20H2,1-2H3,(H,30,31). The summed E-state index contributed by atoms with van der Waals surface area (Å²) in [4.78, 5) is 13.2. The highest BCUT2D eigenvalue weighted by Gasteiger charge is 2.24. The van der Waals surface area contributed by atoms with Crippen LogP contribution < -0.4 is 5.32 Å². The second-order valence-electron chi connectivity index (χ2n) is 8.36. The summed E-state index contributed by atoms with van der Waals surface area (Å²) in [5.74, 6) is -0.136. The van der Waals surface area contributed by atoms with Crippen LogP contribution in [0.2, 0.25) is 0 Å². The van der Waals surface area contributed by atoms with Gasteiger partial charge in [-0.2, -0.15) is 5.26 Å². The number of ether oxygens (including phenoxy) is 1. The van der Waals surface area contributed by atoms with Gasteiger partial charge in [0.1, 0.15) is 6.04 Å². The summed E-state index contributed by atoms with van der Waals surface area (Å²) in [5.41, 5.74) is 4.18. The van der Waals surface area contributed by atoms with Crippen LogP contribution in [0.4, 0.5) is 0 Å². The minimum Gasteiger partial charge on any atom is -0.374 e. The predicted octanol–water partition coefficient (Wildman–Crippen LogP) is 5.71. The van der Waals surface area contributed by atoms with E-state index >= 15 is 0 Å². The molecule has 0 fully saturated rings. The Morgan fingerprint density at radius 1 is 0.938 bits per heavy atom. The van der Waals surface area contributed by atoms with E-state index in [0.717, 1.165) is 22.3 Å². The molecule has 4 heteroatoms. The van der Waals surface area contributed by atoms with E-state index in [1.54, 1.807) is 0 Å². The highest BCUT2D eigenvalue weighted by atomic mass is 16.5. The first-order valence-electron chi connectivity index (χ1n) is 11.0. The van der Waals surface area contributed by atoms with Crippen LogP contribution in [0.3, 0.4) is 0 Å². The van der Waals surface area contributed by atoms with Crippen molar-refractivity contribution >= 4 is 5.91 Å². The summed E-state index contributed by atoms with van der Waals surface area (Å²) in [6.07, 6.45) is 0.701. The molecule has 2 atom stereocenters. The zero-order chi connectivity index (χ0) is 22.8. The molecule has 164 valence electrons. The molecule has 3 rings (SSSR count). The molecular formula is C28H30N2O2. The molecule has 0 spiro atoms. The SMILES string of the molecule is CC(C)CC(C(=O)NC(C#N)COCc1ccccc1)c1cccc(-c2ccccc2)c1. The first kappa shape index (κ1) is 23.2. The van der Waals surface area contributed by atoms with Gasteiger partial charge in [0, 0.05) is 0 Å². The molecule has 0 aromatic heterocycles. The lowest BCUT2D eigenvalue weighted by Gasteiger charge is -2.22. The van der Waals surface area contributed by atoms with Crippen molar-refractivity contribution < 1.29 is 9.53 Å². The Balaban J connectivity index is 1.69. The van der Waals surface area contributed by atoms with Crippen LogP contribution in [0.5, 0.6) is 0 Å². The summed E-state index contributed by atoms with van der Waals surface area (Å²) in [5, 5.41) is 12.4. The first-order chi connectivity index (χ1) is 15.6. The molecular weight excluding hydrogens is 396 g/mol. The molecule has 0 aliphatic carbocycles. The van der Waals surface area contributed by atoms with E-state index in [-0.39, 0.29) is 18.4 Å². The number of amides is 1. The monoisotopic (exact) mass is 426 g/mol. The molecule has 1 amide bonds. The van der Waals surface area contributed by atoms with Crippen molar-refractivity contribution in [2.45, 2.75) is 38.8 Å². The summed E-state index contributed by atoms with van der Waals surface area (Å²) >= 11 is 0. The Bertz CT molecular complexity index is 1030. The van der Waals surface area contributed by atoms with Gasteiger partial charge in [-0.05, 0) is 34.6 Å². The van der Waals surface area contributed by atoms with Crippen molar-refractivity contribution in [2.24, 2.45) is 5.92 Å². The maximum Gasteiger partial charge on any atom is 0.228 e. The number of nitrogens with zero attached hydrogens (tertiary/aromatic N) is 1. The minimum atomic E-state index is -0.696. The minimum absolute atomic E-state index is 0.140. The van der Waals surface area contributed by atoms with Gasteiger partial charge in [-0.1, -0.05) is 98.8 Å². The number of hydrogen-bond acceptors (Lipinski definition) is 3. The molecule has 2 unspecified atom stereocenters. The van der Waals surface area contributed by atoms with Crippen molar-refractivity contribution in [2.75, 3.05) is 6.61 Å². The number of hydrogen-bond donors (Lipinski definition) is 1. The number of nitrogens with one attached hydrogen (secondary N) is 1. The highest BCUT2D eigenvalue weighted by Crippen LogP contribution is 2.28. The number of rotatable bonds is 10. The van der Waals surface area contributed by atoms with Gasteiger partial charge >= 0.3 is 0 Å². The van der Waals surface area contributed by atoms with Gasteiger partial charge in [0.2, 0.25) is 5.91 Å². The van der Waals surface area contributed by atoms with Crippen LogP contribution in [0, 0.1) is 17.2 Å². The molecule has 0 saturated heterocycles. The molecule has 3 aromatic carbocycles. The Kier molecular flexibility index (Phi) is 8.60. The van der Waals surface area contributed by atoms with Crippen LogP contribution in [-0.2, 0) is 16.1 Å². The smallest absolute Gasteiger partial charge is 0.228 e. The summed E-state index contributed by atoms with van der Waals surface area (Å²) in [6.45, 7) is 4.76. The fourth-order valence-corrected chi connectivity index (χ4v) is 3.68. The van der Waals surface area contributed by atoms with Gasteiger partial charge in [0.05, 0.1) is 25.2 Å². The average molecular weight is 427 g/mol. The normalized spacial score (nSPS) is 12.7. The maximum atomic E-state index is 13.2. The van der Waals surface area contributed by atoms with Crippen LogP contribution >= 0.6 is 0 Å². The molecule has 32 heavy (non-hydrogen) atoms. The van der Waals surface area contributed by atoms with Gasteiger partial charge in [0.25, 0.3) is 0 Å². The largest absolute Gasteiger partial charge is 0.374 e. The fraction of sp³-hybridized carbons (Fsp3) is 0.286. The third-order valence-electron chi connectivity index (χ3n) is 5.29. The van der Waals surface area contributed by atoms with Crippen LogP contribution in [0.1, 0.15) is 37.3 Å². The van der Waals surface area contributed by atoms with E-state index in [1.165, 1.54) is 0 Å². The van der Waals surface area contributed by atoms with Gasteiger partial charge in [0.15, 0.2) is 0 Å². The molecule has 0 heterocycles. The molecule has 1 N–H and O–H groups in total. The summed E-state index contributed by atoms with van der Waals surface area (Å²) in [7, 11) is 0. The Labute approximate surface area is 190 Å². The highest BCUT2D eigenvalue weighted by molar-refractivity contribution is 5.84. The van der Waals surface area contributed by atoms with E-state index in [2.05, 4.69) is 49.5 Å². The van der Waals surface area contributed by atoms with Gasteiger partial charge in [-0.3, -0.25) is 4.79 Å². The lowest BCUT2D eigenvalue weighted by Crippen LogP contribution is -2.40. The zero-order valence-electron chi connectivity index (χ0n) is 18.7. The van der Waals surface area contributed by atoms with Crippen LogP contribution in [0.25, 0.3) is 11.1 Å². The Hall–Kier alpha value is -3.42. The lowest BCUT2D eigenvalue weighted by molar-refractivity contribution is -0.123. The molecule has 0 aliphatic rings. The number of nitriles is 1. The van der Waals surface area contributed by atoms with Crippen LogP contribution in [0.15, 0.2) is 84.9 Å². The summed E-state index contributed by atoms with van der Waals surface area (Å²) in [6, 6.07) is 29.5. The van der Waals surface area contributed by atoms with Gasteiger partial charge in [-0.25, -0.2) is 0 Å². The third-order valence-corrected chi connectivity index (χ3v) is 5.29. The predicted molar refractivity (Wildman–Crippen MR) is 128 cm³/mol. The molecule has 0 saturated carbocycles. The summed E-state index contributed by atoms with van der Waals surface area (Å²) < 4.78 is 5.68. The second-order valence-corrected chi connectivity index (χ2v) is 8.36. The molecule has 4 nitrogen and oxygen atoms in total. The Morgan fingerprint density at radius 3 is 2.25 bits per heavy atom. The van der Waals surface area contributed by atoms with Crippen LogP contribution in [-0.4, -0.2) is 18.6 Å². The Morgan fingerprint density at radius 2 is 1.59 bits per heavy atom. The number of carbonyl (C=O) groups excluding carboxylic acids is 1. The average Bonchev–Trinajstić information content (AvgIpc) is 2.83. The second kappa shape index (κ2) is 11.8.